The average molecular weight is 188 g/mol. The van der Waals surface area contributed by atoms with E-state index in [1.807, 2.05) is 12.2 Å². The van der Waals surface area contributed by atoms with Crippen molar-refractivity contribution in [1.29, 1.82) is 0 Å². The largest absolute Gasteiger partial charge is 0.122 e. The van der Waals surface area contributed by atoms with Gasteiger partial charge in [0.15, 0.2) is 0 Å². The fourth-order valence-corrected chi connectivity index (χ4v) is 1.59. The molecule has 0 radical (unpaired) electrons. The highest BCUT2D eigenvalue weighted by molar-refractivity contribution is 5.18. The minimum absolute atomic E-state index is 0.981. The van der Waals surface area contributed by atoms with Gasteiger partial charge in [-0.05, 0) is 49.7 Å². The van der Waals surface area contributed by atoms with Gasteiger partial charge in [0.25, 0.3) is 0 Å². The first kappa shape index (κ1) is 11.1. The maximum atomic E-state index is 3.63. The first-order valence-electron chi connectivity index (χ1n) is 5.45. The van der Waals surface area contributed by atoms with E-state index in [9.17, 15) is 0 Å². The molecule has 2 unspecified atom stereocenters. The molecule has 0 aromatic carbocycles. The number of hydrogen-bond acceptors (Lipinski definition) is 0. The Bertz CT molecular complexity index is 274. The van der Waals surface area contributed by atoms with Crippen LogP contribution < -0.4 is 0 Å². The third kappa shape index (κ3) is 4.30. The van der Waals surface area contributed by atoms with Crippen molar-refractivity contribution in [3.63, 3.8) is 0 Å². The number of allylic oxidation sites excluding steroid dienone is 4. The summed E-state index contributed by atoms with van der Waals surface area (Å²) in [6.45, 7) is 8.03. The van der Waals surface area contributed by atoms with Crippen LogP contribution in [0.5, 0.6) is 0 Å². The van der Waals surface area contributed by atoms with Gasteiger partial charge in [0.2, 0.25) is 0 Å². The average Bonchev–Trinajstić information content (AvgIpc) is 2.86. The maximum Gasteiger partial charge on any atom is -0.00948 e. The molecule has 0 aromatic heterocycles. The normalized spacial score (nSPS) is 24.4. The molecular formula is C14H20. The van der Waals surface area contributed by atoms with Crippen molar-refractivity contribution in [2.45, 2.75) is 33.1 Å². The van der Waals surface area contributed by atoms with Crippen molar-refractivity contribution in [3.05, 3.63) is 42.2 Å². The van der Waals surface area contributed by atoms with E-state index in [-0.39, 0.29) is 0 Å². The quantitative estimate of drug-likeness (QED) is 0.446. The van der Waals surface area contributed by atoms with Crippen molar-refractivity contribution in [2.75, 3.05) is 0 Å². The molecule has 0 bridgehead atoms. The molecule has 0 N–H and O–H groups in total. The third-order valence-corrected chi connectivity index (χ3v) is 2.77. The van der Waals surface area contributed by atoms with Crippen molar-refractivity contribution in [3.8, 4) is 0 Å². The second kappa shape index (κ2) is 5.67. The van der Waals surface area contributed by atoms with Gasteiger partial charge >= 0.3 is 0 Å². The second-order valence-corrected chi connectivity index (χ2v) is 4.18. The lowest BCUT2D eigenvalue weighted by Gasteiger charge is -1.89. The Hall–Kier alpha value is -1.00. The van der Waals surface area contributed by atoms with Crippen molar-refractivity contribution >= 4 is 0 Å². The lowest BCUT2D eigenvalue weighted by molar-refractivity contribution is 0.684. The van der Waals surface area contributed by atoms with Gasteiger partial charge in [-0.15, -0.1) is 5.73 Å². The molecule has 0 saturated heterocycles. The molecule has 1 aliphatic carbocycles. The van der Waals surface area contributed by atoms with Crippen molar-refractivity contribution < 1.29 is 0 Å². The van der Waals surface area contributed by atoms with Crippen LogP contribution in [0.15, 0.2) is 42.2 Å². The van der Waals surface area contributed by atoms with Crippen molar-refractivity contribution in [2.24, 2.45) is 11.8 Å². The monoisotopic (exact) mass is 188 g/mol. The summed E-state index contributed by atoms with van der Waals surface area (Å²) in [7, 11) is 0. The summed E-state index contributed by atoms with van der Waals surface area (Å²) in [4.78, 5) is 0. The summed E-state index contributed by atoms with van der Waals surface area (Å²) in [6.07, 6.45) is 11.9. The fourth-order valence-electron chi connectivity index (χ4n) is 1.59. The minimum atomic E-state index is 0.981. The smallest absolute Gasteiger partial charge is 0.00948 e. The standard InChI is InChI=1S/C14H20/c1-4-5-8-12(2)9-6-7-10-14-11-13(14)3/h4-6,8,13-14H,1,7,10-11H2,2-3H3/b8-5-. The fraction of sp³-hybridized carbons (Fsp3) is 0.500. The van der Waals surface area contributed by atoms with Crippen LogP contribution in [-0.4, -0.2) is 0 Å². The molecule has 0 aliphatic heterocycles. The van der Waals surface area contributed by atoms with Crippen LogP contribution in [0.2, 0.25) is 0 Å². The Balaban J connectivity index is 2.23. The molecule has 0 amide bonds. The predicted molar refractivity (Wildman–Crippen MR) is 63.1 cm³/mol. The van der Waals surface area contributed by atoms with Gasteiger partial charge in [0.1, 0.15) is 0 Å². The van der Waals surface area contributed by atoms with Crippen LogP contribution in [0.1, 0.15) is 33.1 Å². The van der Waals surface area contributed by atoms with E-state index in [4.69, 9.17) is 0 Å². The van der Waals surface area contributed by atoms with Crippen LogP contribution in [-0.2, 0) is 0 Å². The Kier molecular flexibility index (Phi) is 4.49. The zero-order valence-electron chi connectivity index (χ0n) is 9.29. The summed E-state index contributed by atoms with van der Waals surface area (Å²) in [5, 5.41) is 0. The van der Waals surface area contributed by atoms with Gasteiger partial charge in [0, 0.05) is 0 Å². The molecule has 0 spiro atoms. The van der Waals surface area contributed by atoms with Crippen molar-refractivity contribution in [1.82, 2.24) is 0 Å². The zero-order valence-corrected chi connectivity index (χ0v) is 9.29. The Labute approximate surface area is 87.7 Å². The van der Waals surface area contributed by atoms with E-state index >= 15 is 0 Å². The van der Waals surface area contributed by atoms with E-state index < -0.39 is 0 Å². The molecule has 1 saturated carbocycles. The van der Waals surface area contributed by atoms with E-state index in [2.05, 4.69) is 32.2 Å². The Morgan fingerprint density at radius 3 is 2.86 bits per heavy atom. The first-order chi connectivity index (χ1) is 6.74. The predicted octanol–water partition coefficient (Wildman–Crippen LogP) is 4.27. The molecular weight excluding hydrogens is 168 g/mol. The number of rotatable bonds is 5. The second-order valence-electron chi connectivity index (χ2n) is 4.18. The molecule has 0 heteroatoms. The van der Waals surface area contributed by atoms with E-state index in [0.717, 1.165) is 11.8 Å². The molecule has 76 valence electrons. The molecule has 2 atom stereocenters. The molecule has 0 aromatic rings. The van der Waals surface area contributed by atoms with Gasteiger partial charge in [-0.1, -0.05) is 31.7 Å². The maximum absolute atomic E-state index is 3.63. The van der Waals surface area contributed by atoms with Gasteiger partial charge in [-0.2, -0.15) is 0 Å². The SMILES string of the molecule is C=C/C=C\C(C)=C=CCCC1CC1C. The van der Waals surface area contributed by atoms with Crippen LogP contribution in [0, 0.1) is 11.8 Å². The van der Waals surface area contributed by atoms with E-state index in [0.29, 0.717) is 0 Å². The van der Waals surface area contributed by atoms with Crippen LogP contribution in [0.4, 0.5) is 0 Å². The summed E-state index contributed by atoms with van der Waals surface area (Å²) in [5.41, 5.74) is 4.45. The molecule has 0 nitrogen and oxygen atoms in total. The molecule has 1 rings (SSSR count). The van der Waals surface area contributed by atoms with Gasteiger partial charge in [-0.3, -0.25) is 0 Å². The van der Waals surface area contributed by atoms with Gasteiger partial charge < -0.3 is 0 Å². The topological polar surface area (TPSA) is 0 Å². The van der Waals surface area contributed by atoms with E-state index in [1.54, 1.807) is 6.08 Å². The summed E-state index contributed by atoms with van der Waals surface area (Å²) < 4.78 is 0. The van der Waals surface area contributed by atoms with Crippen LogP contribution >= 0.6 is 0 Å². The highest BCUT2D eigenvalue weighted by Crippen LogP contribution is 2.41. The molecule has 1 aliphatic rings. The first-order valence-corrected chi connectivity index (χ1v) is 5.45. The summed E-state index contributed by atoms with van der Waals surface area (Å²) in [6, 6.07) is 0. The summed E-state index contributed by atoms with van der Waals surface area (Å²) in [5.74, 6) is 1.98. The lowest BCUT2D eigenvalue weighted by Crippen LogP contribution is -1.76. The van der Waals surface area contributed by atoms with Gasteiger partial charge in [-0.25, -0.2) is 0 Å². The lowest BCUT2D eigenvalue weighted by atomic mass is 10.2. The Morgan fingerprint density at radius 2 is 2.29 bits per heavy atom. The summed E-state index contributed by atoms with van der Waals surface area (Å²) >= 11 is 0. The van der Waals surface area contributed by atoms with Crippen LogP contribution in [0.3, 0.4) is 0 Å². The molecule has 14 heavy (non-hydrogen) atoms. The number of hydrogen-bond donors (Lipinski definition) is 0. The molecule has 1 fully saturated rings. The molecule has 0 heterocycles. The third-order valence-electron chi connectivity index (χ3n) is 2.77. The highest BCUT2D eigenvalue weighted by atomic mass is 14.4. The Morgan fingerprint density at radius 1 is 1.57 bits per heavy atom. The zero-order chi connectivity index (χ0) is 10.4. The van der Waals surface area contributed by atoms with Crippen LogP contribution in [0.25, 0.3) is 0 Å². The minimum Gasteiger partial charge on any atom is -0.122 e. The highest BCUT2D eigenvalue weighted by Gasteiger charge is 2.30. The van der Waals surface area contributed by atoms with E-state index in [1.165, 1.54) is 24.8 Å². The van der Waals surface area contributed by atoms with Gasteiger partial charge in [0.05, 0.1) is 0 Å².